The Morgan fingerprint density at radius 3 is 2.18 bits per heavy atom. The van der Waals surface area contributed by atoms with Crippen molar-refractivity contribution >= 4 is 5.97 Å². The largest absolute Gasteiger partial charge is 0.481 e. The molecule has 0 aliphatic heterocycles. The fourth-order valence-electron chi connectivity index (χ4n) is 2.30. The lowest BCUT2D eigenvalue weighted by Crippen LogP contribution is -2.26. The number of carboxylic acid groups (broad SMARTS) is 1. The molecule has 0 fully saturated rings. The van der Waals surface area contributed by atoms with Crippen molar-refractivity contribution in [3.8, 4) is 0 Å². The van der Waals surface area contributed by atoms with E-state index in [-0.39, 0.29) is 0 Å². The van der Waals surface area contributed by atoms with Gasteiger partial charge in [-0.2, -0.15) is 0 Å². The van der Waals surface area contributed by atoms with E-state index >= 15 is 0 Å². The maximum atomic E-state index is 11.1. The minimum atomic E-state index is -0.665. The molecular weight excluding hydrogens is 212 g/mol. The summed E-state index contributed by atoms with van der Waals surface area (Å²) in [6.45, 7) is 8.09. The zero-order valence-corrected chi connectivity index (χ0v) is 12.1. The molecule has 0 aliphatic rings. The number of rotatable bonds is 10. The molecular formula is C15H30O2. The lowest BCUT2D eigenvalue weighted by atomic mass is 9.80. The summed E-state index contributed by atoms with van der Waals surface area (Å²) in [7, 11) is 0. The second-order valence-electron chi connectivity index (χ2n) is 5.87. The third-order valence-electron chi connectivity index (χ3n) is 3.67. The van der Waals surface area contributed by atoms with E-state index < -0.39 is 11.4 Å². The van der Waals surface area contributed by atoms with E-state index in [4.69, 9.17) is 5.11 Å². The highest BCUT2D eigenvalue weighted by Gasteiger charge is 2.29. The average Bonchev–Trinajstić information content (AvgIpc) is 2.26. The number of unbranched alkanes of at least 4 members (excludes halogenated alkanes) is 4. The molecule has 2 nitrogen and oxygen atoms in total. The Bertz CT molecular complexity index is 209. The highest BCUT2D eigenvalue weighted by molar-refractivity contribution is 5.73. The van der Waals surface area contributed by atoms with E-state index in [2.05, 4.69) is 13.8 Å². The van der Waals surface area contributed by atoms with Gasteiger partial charge < -0.3 is 5.11 Å². The van der Waals surface area contributed by atoms with Crippen LogP contribution in [0.3, 0.4) is 0 Å². The zero-order chi connectivity index (χ0) is 13.3. The van der Waals surface area contributed by atoms with Crippen LogP contribution in [0, 0.1) is 11.3 Å². The number of hydrogen-bond donors (Lipinski definition) is 1. The first-order chi connectivity index (χ1) is 7.94. The summed E-state index contributed by atoms with van der Waals surface area (Å²) < 4.78 is 0. The van der Waals surface area contributed by atoms with Crippen molar-refractivity contribution in [3.05, 3.63) is 0 Å². The zero-order valence-electron chi connectivity index (χ0n) is 12.1. The molecule has 0 aromatic carbocycles. The van der Waals surface area contributed by atoms with Crippen molar-refractivity contribution in [1.82, 2.24) is 0 Å². The van der Waals surface area contributed by atoms with Gasteiger partial charge in [-0.25, -0.2) is 0 Å². The first-order valence-corrected chi connectivity index (χ1v) is 7.17. The standard InChI is InChI=1S/C15H30O2/c1-5-7-8-9-10-11-13(6-2)12-15(3,4)14(16)17/h13H,5-12H2,1-4H3,(H,16,17). The molecule has 17 heavy (non-hydrogen) atoms. The SMILES string of the molecule is CCCCCCCC(CC)CC(C)(C)C(=O)O. The molecule has 1 N–H and O–H groups in total. The van der Waals surface area contributed by atoms with E-state index in [1.54, 1.807) is 0 Å². The molecule has 1 unspecified atom stereocenters. The highest BCUT2D eigenvalue weighted by Crippen LogP contribution is 2.30. The quantitative estimate of drug-likeness (QED) is 0.555. The van der Waals surface area contributed by atoms with Crippen LogP contribution in [-0.2, 0) is 4.79 Å². The van der Waals surface area contributed by atoms with Crippen LogP contribution in [0.1, 0.15) is 79.1 Å². The first kappa shape index (κ1) is 16.5. The molecule has 0 saturated carbocycles. The Morgan fingerprint density at radius 1 is 1.12 bits per heavy atom. The summed E-state index contributed by atoms with van der Waals surface area (Å²) in [5.41, 5.74) is -0.565. The van der Waals surface area contributed by atoms with Gasteiger partial charge in [0, 0.05) is 0 Å². The first-order valence-electron chi connectivity index (χ1n) is 7.17. The van der Waals surface area contributed by atoms with Gasteiger partial charge in [0.25, 0.3) is 0 Å². The minimum absolute atomic E-state index is 0.565. The summed E-state index contributed by atoms with van der Waals surface area (Å²) in [4.78, 5) is 11.1. The van der Waals surface area contributed by atoms with Crippen LogP contribution in [0.15, 0.2) is 0 Å². The molecule has 0 aliphatic carbocycles. The van der Waals surface area contributed by atoms with Crippen LogP contribution in [0.2, 0.25) is 0 Å². The summed E-state index contributed by atoms with van der Waals surface area (Å²) in [6.07, 6.45) is 9.61. The minimum Gasteiger partial charge on any atom is -0.481 e. The molecule has 0 radical (unpaired) electrons. The Morgan fingerprint density at radius 2 is 1.71 bits per heavy atom. The molecule has 0 saturated heterocycles. The van der Waals surface area contributed by atoms with Gasteiger partial charge in [-0.3, -0.25) is 4.79 Å². The van der Waals surface area contributed by atoms with Crippen LogP contribution >= 0.6 is 0 Å². The molecule has 0 bridgehead atoms. The monoisotopic (exact) mass is 242 g/mol. The molecule has 1 atom stereocenters. The second kappa shape index (κ2) is 8.54. The fraction of sp³-hybridized carbons (Fsp3) is 0.933. The maximum Gasteiger partial charge on any atom is 0.309 e. The van der Waals surface area contributed by atoms with Gasteiger partial charge in [-0.15, -0.1) is 0 Å². The molecule has 2 heteroatoms. The summed E-state index contributed by atoms with van der Waals surface area (Å²) in [5, 5.41) is 9.13. The molecule has 0 rings (SSSR count). The third-order valence-corrected chi connectivity index (χ3v) is 3.67. The van der Waals surface area contributed by atoms with E-state index in [9.17, 15) is 4.79 Å². The molecule has 0 amide bonds. The van der Waals surface area contributed by atoms with Gasteiger partial charge in [0.1, 0.15) is 0 Å². The van der Waals surface area contributed by atoms with Crippen molar-refractivity contribution in [2.24, 2.45) is 11.3 Å². The summed E-state index contributed by atoms with van der Waals surface area (Å²) in [5.74, 6) is -0.0929. The summed E-state index contributed by atoms with van der Waals surface area (Å²) >= 11 is 0. The third kappa shape index (κ3) is 7.40. The van der Waals surface area contributed by atoms with E-state index in [0.717, 1.165) is 12.8 Å². The lowest BCUT2D eigenvalue weighted by molar-refractivity contribution is -0.148. The molecule has 0 spiro atoms. The van der Waals surface area contributed by atoms with E-state index in [1.807, 2.05) is 13.8 Å². The fourth-order valence-corrected chi connectivity index (χ4v) is 2.30. The Kier molecular flexibility index (Phi) is 8.28. The van der Waals surface area contributed by atoms with Crippen LogP contribution < -0.4 is 0 Å². The van der Waals surface area contributed by atoms with E-state index in [0.29, 0.717) is 5.92 Å². The van der Waals surface area contributed by atoms with Crippen molar-refractivity contribution in [2.45, 2.75) is 79.1 Å². The van der Waals surface area contributed by atoms with Crippen molar-refractivity contribution < 1.29 is 9.90 Å². The Hall–Kier alpha value is -0.530. The van der Waals surface area contributed by atoms with Gasteiger partial charge >= 0.3 is 5.97 Å². The number of hydrogen-bond acceptors (Lipinski definition) is 1. The van der Waals surface area contributed by atoms with Gasteiger partial charge in [-0.05, 0) is 26.2 Å². The van der Waals surface area contributed by atoms with Crippen molar-refractivity contribution in [2.75, 3.05) is 0 Å². The van der Waals surface area contributed by atoms with Crippen LogP contribution in [0.4, 0.5) is 0 Å². The van der Waals surface area contributed by atoms with Crippen LogP contribution in [0.5, 0.6) is 0 Å². The topological polar surface area (TPSA) is 37.3 Å². The Labute approximate surface area is 107 Å². The van der Waals surface area contributed by atoms with Gasteiger partial charge in [0.2, 0.25) is 0 Å². The van der Waals surface area contributed by atoms with Crippen LogP contribution in [-0.4, -0.2) is 11.1 Å². The molecule has 102 valence electrons. The maximum absolute atomic E-state index is 11.1. The predicted octanol–water partition coefficient (Wildman–Crippen LogP) is 4.87. The number of carboxylic acids is 1. The van der Waals surface area contributed by atoms with Crippen LogP contribution in [0.25, 0.3) is 0 Å². The van der Waals surface area contributed by atoms with Gasteiger partial charge in [-0.1, -0.05) is 58.8 Å². The number of carbonyl (C=O) groups is 1. The van der Waals surface area contributed by atoms with Gasteiger partial charge in [0.15, 0.2) is 0 Å². The van der Waals surface area contributed by atoms with Gasteiger partial charge in [0.05, 0.1) is 5.41 Å². The molecule has 0 aromatic heterocycles. The van der Waals surface area contributed by atoms with Crippen molar-refractivity contribution in [3.63, 3.8) is 0 Å². The lowest BCUT2D eigenvalue weighted by Gasteiger charge is -2.25. The summed E-state index contributed by atoms with van der Waals surface area (Å²) in [6, 6.07) is 0. The predicted molar refractivity (Wildman–Crippen MR) is 73.2 cm³/mol. The van der Waals surface area contributed by atoms with E-state index in [1.165, 1.54) is 38.5 Å². The van der Waals surface area contributed by atoms with Crippen molar-refractivity contribution in [1.29, 1.82) is 0 Å². The molecule has 0 heterocycles. The second-order valence-corrected chi connectivity index (χ2v) is 5.87. The number of aliphatic carboxylic acids is 1. The Balaban J connectivity index is 3.88. The smallest absolute Gasteiger partial charge is 0.309 e. The normalized spacial score (nSPS) is 13.6. The average molecular weight is 242 g/mol. The highest BCUT2D eigenvalue weighted by atomic mass is 16.4. The molecule has 0 aromatic rings.